The highest BCUT2D eigenvalue weighted by Crippen LogP contribution is 2.25. The third kappa shape index (κ3) is 3.24. The number of benzene rings is 1. The summed E-state index contributed by atoms with van der Waals surface area (Å²) in [6.45, 7) is 1.31. The second kappa shape index (κ2) is 5.70. The number of carbonyl (C=O) groups is 2. The van der Waals surface area contributed by atoms with Crippen LogP contribution < -0.4 is 9.47 Å². The first-order valence-corrected chi connectivity index (χ1v) is 4.65. The third-order valence-electron chi connectivity index (χ3n) is 1.83. The Morgan fingerprint density at radius 1 is 1.38 bits per heavy atom. The van der Waals surface area contributed by atoms with Gasteiger partial charge in [0.2, 0.25) is 0 Å². The molecule has 1 aromatic rings. The molecule has 1 aromatic carbocycles. The van der Waals surface area contributed by atoms with Crippen LogP contribution in [0.4, 0.5) is 0 Å². The van der Waals surface area contributed by atoms with Crippen LogP contribution in [0.3, 0.4) is 0 Å². The summed E-state index contributed by atoms with van der Waals surface area (Å²) in [5, 5.41) is 0. The van der Waals surface area contributed by atoms with E-state index >= 15 is 0 Å². The first-order valence-electron chi connectivity index (χ1n) is 4.65. The molecule has 0 N–H and O–H groups in total. The van der Waals surface area contributed by atoms with Gasteiger partial charge in [-0.25, -0.2) is 0 Å². The van der Waals surface area contributed by atoms with Crippen LogP contribution in [0.5, 0.6) is 11.5 Å². The topological polar surface area (TPSA) is 52.6 Å². The fourth-order valence-electron chi connectivity index (χ4n) is 1.17. The summed E-state index contributed by atoms with van der Waals surface area (Å²) in [7, 11) is 1.52. The van der Waals surface area contributed by atoms with Gasteiger partial charge in [0.25, 0.3) is 0 Å². The highest BCUT2D eigenvalue weighted by molar-refractivity contribution is 5.77. The van der Waals surface area contributed by atoms with Crippen LogP contribution in [0.2, 0.25) is 0 Å². The van der Waals surface area contributed by atoms with Gasteiger partial charge in [-0.1, -0.05) is 0 Å². The van der Waals surface area contributed by atoms with Crippen LogP contribution in [0, 0.1) is 0 Å². The van der Waals surface area contributed by atoms with Crippen molar-refractivity contribution in [3.8, 4) is 11.5 Å². The molecule has 0 aliphatic heterocycles. The zero-order valence-corrected chi connectivity index (χ0v) is 9.10. The second-order valence-electron chi connectivity index (χ2n) is 2.99. The largest absolute Gasteiger partial charge is 0.497 e. The van der Waals surface area contributed by atoms with Crippen LogP contribution in [0.25, 0.3) is 6.08 Å². The predicted octanol–water partition coefficient (Wildman–Crippen LogP) is 1.83. The van der Waals surface area contributed by atoms with Crippen molar-refractivity contribution in [1.29, 1.82) is 0 Å². The van der Waals surface area contributed by atoms with Crippen molar-refractivity contribution in [1.82, 2.24) is 0 Å². The van der Waals surface area contributed by atoms with Crippen molar-refractivity contribution in [2.24, 2.45) is 0 Å². The van der Waals surface area contributed by atoms with Crippen molar-refractivity contribution in [2.75, 3.05) is 7.11 Å². The number of allylic oxidation sites excluding steroid dienone is 1. The summed E-state index contributed by atoms with van der Waals surface area (Å²) in [5.74, 6) is 0.526. The van der Waals surface area contributed by atoms with Crippen LogP contribution in [0.1, 0.15) is 12.5 Å². The van der Waals surface area contributed by atoms with Gasteiger partial charge >= 0.3 is 5.97 Å². The zero-order valence-electron chi connectivity index (χ0n) is 9.10. The number of ether oxygens (including phenoxy) is 2. The molecule has 0 fully saturated rings. The Morgan fingerprint density at radius 3 is 2.69 bits per heavy atom. The Labute approximate surface area is 93.5 Å². The van der Waals surface area contributed by atoms with Gasteiger partial charge in [-0.05, 0) is 24.3 Å². The molecule has 84 valence electrons. The molecule has 16 heavy (non-hydrogen) atoms. The van der Waals surface area contributed by atoms with Gasteiger partial charge in [-0.2, -0.15) is 0 Å². The number of methoxy groups -OCH3 is 1. The van der Waals surface area contributed by atoms with E-state index < -0.39 is 5.97 Å². The lowest BCUT2D eigenvalue weighted by molar-refractivity contribution is -0.131. The van der Waals surface area contributed by atoms with Gasteiger partial charge < -0.3 is 9.47 Å². The molecule has 0 aliphatic carbocycles. The molecule has 4 nitrogen and oxygen atoms in total. The fourth-order valence-corrected chi connectivity index (χ4v) is 1.17. The Hall–Kier alpha value is -2.10. The monoisotopic (exact) mass is 220 g/mol. The fraction of sp³-hybridized carbons (Fsp3) is 0.167. The summed E-state index contributed by atoms with van der Waals surface area (Å²) < 4.78 is 10.0. The number of carbonyl (C=O) groups excluding carboxylic acids is 2. The van der Waals surface area contributed by atoms with Crippen LogP contribution >= 0.6 is 0 Å². The molecular formula is C12H12O4. The lowest BCUT2D eigenvalue weighted by Gasteiger charge is -2.07. The highest BCUT2D eigenvalue weighted by Gasteiger charge is 2.05. The highest BCUT2D eigenvalue weighted by atomic mass is 16.5. The first kappa shape index (κ1) is 12.0. The third-order valence-corrected chi connectivity index (χ3v) is 1.83. The van der Waals surface area contributed by atoms with Crippen molar-refractivity contribution < 1.29 is 19.1 Å². The normalized spacial score (nSPS) is 10.1. The van der Waals surface area contributed by atoms with Gasteiger partial charge in [0.15, 0.2) is 0 Å². The quantitative estimate of drug-likeness (QED) is 0.336. The molecule has 0 saturated carbocycles. The van der Waals surface area contributed by atoms with Crippen LogP contribution in [0.15, 0.2) is 24.3 Å². The first-order chi connectivity index (χ1) is 7.67. The summed E-state index contributed by atoms with van der Waals surface area (Å²) in [6.07, 6.45) is 3.54. The minimum atomic E-state index is -0.422. The molecule has 4 heteroatoms. The molecule has 1 rings (SSSR count). The molecule has 0 aliphatic rings. The Morgan fingerprint density at radius 2 is 2.12 bits per heavy atom. The zero-order chi connectivity index (χ0) is 12.0. The lowest BCUT2D eigenvalue weighted by atomic mass is 10.2. The average molecular weight is 220 g/mol. The number of esters is 1. The molecule has 0 unspecified atom stereocenters. The van der Waals surface area contributed by atoms with Crippen molar-refractivity contribution >= 4 is 18.3 Å². The van der Waals surface area contributed by atoms with Gasteiger partial charge in [0.1, 0.15) is 17.8 Å². The molecule has 0 amide bonds. The van der Waals surface area contributed by atoms with E-state index in [0.717, 1.165) is 0 Å². The van der Waals surface area contributed by atoms with E-state index in [1.54, 1.807) is 24.3 Å². The van der Waals surface area contributed by atoms with Crippen LogP contribution in [-0.4, -0.2) is 19.4 Å². The molecule has 0 bridgehead atoms. The average Bonchev–Trinajstić information content (AvgIpc) is 2.26. The molecule has 0 spiro atoms. The minimum absolute atomic E-state index is 0.366. The molecule has 0 saturated heterocycles. The maximum atomic E-state index is 10.9. The molecule has 0 atom stereocenters. The lowest BCUT2D eigenvalue weighted by Crippen LogP contribution is -2.03. The maximum absolute atomic E-state index is 10.9. The summed E-state index contributed by atoms with van der Waals surface area (Å²) >= 11 is 0. The van der Waals surface area contributed by atoms with Gasteiger partial charge in [-0.3, -0.25) is 9.59 Å². The van der Waals surface area contributed by atoms with Crippen LogP contribution in [-0.2, 0) is 9.59 Å². The van der Waals surface area contributed by atoms with E-state index in [0.29, 0.717) is 23.3 Å². The Kier molecular flexibility index (Phi) is 4.27. The number of aldehydes is 1. The maximum Gasteiger partial charge on any atom is 0.308 e. The van der Waals surface area contributed by atoms with E-state index in [-0.39, 0.29) is 0 Å². The van der Waals surface area contributed by atoms with Crippen molar-refractivity contribution in [3.05, 3.63) is 29.8 Å². The number of rotatable bonds is 4. The second-order valence-corrected chi connectivity index (χ2v) is 2.99. The van der Waals surface area contributed by atoms with E-state index in [2.05, 4.69) is 0 Å². The predicted molar refractivity (Wildman–Crippen MR) is 59.4 cm³/mol. The number of hydrogen-bond donors (Lipinski definition) is 0. The smallest absolute Gasteiger partial charge is 0.308 e. The minimum Gasteiger partial charge on any atom is -0.497 e. The summed E-state index contributed by atoms with van der Waals surface area (Å²) in [4.78, 5) is 21.1. The van der Waals surface area contributed by atoms with Gasteiger partial charge in [0.05, 0.1) is 7.11 Å². The van der Waals surface area contributed by atoms with Crippen molar-refractivity contribution in [2.45, 2.75) is 6.92 Å². The van der Waals surface area contributed by atoms with Gasteiger partial charge in [-0.15, -0.1) is 0 Å². The van der Waals surface area contributed by atoms with Crippen molar-refractivity contribution in [3.63, 3.8) is 0 Å². The SMILES string of the molecule is COc1ccc(/C=C/C=O)c(OC(C)=O)c1. The summed E-state index contributed by atoms with van der Waals surface area (Å²) in [6, 6.07) is 5.01. The van der Waals surface area contributed by atoms with E-state index in [9.17, 15) is 9.59 Å². The summed E-state index contributed by atoms with van der Waals surface area (Å²) in [5.41, 5.74) is 0.642. The number of hydrogen-bond acceptors (Lipinski definition) is 4. The Balaban J connectivity index is 3.09. The molecule has 0 radical (unpaired) electrons. The van der Waals surface area contributed by atoms with E-state index in [4.69, 9.17) is 9.47 Å². The molecular weight excluding hydrogens is 208 g/mol. The van der Waals surface area contributed by atoms with Gasteiger partial charge in [0, 0.05) is 18.6 Å². The Bertz CT molecular complexity index is 421. The molecule has 0 heterocycles. The van der Waals surface area contributed by atoms with E-state index in [1.807, 2.05) is 0 Å². The standard InChI is InChI=1S/C12H12O4/c1-9(14)16-12-8-11(15-2)6-5-10(12)4-3-7-13/h3-8H,1-2H3/b4-3+. The molecule has 0 aromatic heterocycles. The van der Waals surface area contributed by atoms with E-state index in [1.165, 1.54) is 20.1 Å².